The predicted octanol–water partition coefficient (Wildman–Crippen LogP) is 4.27. The summed E-state index contributed by atoms with van der Waals surface area (Å²) in [5, 5.41) is 23.1. The number of carbonyl (C=O) groups is 1. The van der Waals surface area contributed by atoms with Gasteiger partial charge in [0.25, 0.3) is 0 Å². The minimum absolute atomic E-state index is 0.0635. The predicted molar refractivity (Wildman–Crippen MR) is 142 cm³/mol. The zero-order valence-corrected chi connectivity index (χ0v) is 20.3. The Bertz CT molecular complexity index is 1360. The molecule has 36 heavy (non-hydrogen) atoms. The Labute approximate surface area is 210 Å². The molecule has 3 rings (SSSR count). The van der Waals surface area contributed by atoms with Crippen LogP contribution >= 0.6 is 0 Å². The molecule has 0 bridgehead atoms. The maximum atomic E-state index is 12.3. The first kappa shape index (κ1) is 25.6. The molecule has 2 heterocycles. The van der Waals surface area contributed by atoms with Crippen molar-refractivity contribution in [1.29, 1.82) is 5.26 Å². The van der Waals surface area contributed by atoms with Gasteiger partial charge in [-0.2, -0.15) is 10.4 Å². The summed E-state index contributed by atoms with van der Waals surface area (Å²) in [6.07, 6.45) is 21.5. The molecule has 9 nitrogen and oxygen atoms in total. The van der Waals surface area contributed by atoms with Gasteiger partial charge in [0.05, 0.1) is 41.4 Å². The van der Waals surface area contributed by atoms with Gasteiger partial charge in [0.15, 0.2) is 0 Å². The topological polar surface area (TPSA) is 130 Å². The summed E-state index contributed by atoms with van der Waals surface area (Å²) in [4.78, 5) is 12.3. The Balaban J connectivity index is 1.90. The van der Waals surface area contributed by atoms with Crippen LogP contribution < -0.4 is 21.7 Å². The van der Waals surface area contributed by atoms with Gasteiger partial charge in [0.2, 0.25) is 5.91 Å². The number of fused-ring (bicyclic) bond motifs is 1. The molecule has 0 atom stereocenters. The first-order valence-electron chi connectivity index (χ1n) is 11.3. The molecule has 9 heteroatoms. The van der Waals surface area contributed by atoms with Crippen molar-refractivity contribution < 1.29 is 9.53 Å². The van der Waals surface area contributed by atoms with E-state index in [1.165, 1.54) is 18.6 Å². The average molecular weight is 484 g/mol. The molecule has 2 aromatic rings. The number of hydrogen-bond donors (Lipinski definition) is 4. The molecule has 0 aromatic carbocycles. The zero-order valence-electron chi connectivity index (χ0n) is 20.3. The van der Waals surface area contributed by atoms with E-state index >= 15 is 0 Å². The number of allylic oxidation sites excluding steroid dienone is 8. The molecular formula is C27H29N7O2. The van der Waals surface area contributed by atoms with E-state index in [4.69, 9.17) is 10.5 Å². The normalized spacial score (nSPS) is 13.8. The number of carbonyl (C=O) groups excluding carboxylic acids is 1. The second kappa shape index (κ2) is 12.5. The molecule has 0 saturated heterocycles. The molecule has 1 aliphatic carbocycles. The zero-order chi connectivity index (χ0) is 25.9. The molecule has 1 aliphatic rings. The largest absolute Gasteiger partial charge is 0.462 e. The van der Waals surface area contributed by atoms with Crippen LogP contribution in [0, 0.1) is 18.3 Å². The lowest BCUT2D eigenvalue weighted by atomic mass is 10.1. The van der Waals surface area contributed by atoms with Crippen molar-refractivity contribution in [2.24, 2.45) is 5.73 Å². The number of rotatable bonds is 10. The fraction of sp³-hybridized carbons (Fsp3) is 0.148. The van der Waals surface area contributed by atoms with Crippen LogP contribution in [-0.4, -0.2) is 22.1 Å². The van der Waals surface area contributed by atoms with Gasteiger partial charge in [-0.15, -0.1) is 0 Å². The third-order valence-corrected chi connectivity index (χ3v) is 5.19. The van der Waals surface area contributed by atoms with E-state index in [9.17, 15) is 10.1 Å². The van der Waals surface area contributed by atoms with Crippen molar-refractivity contribution in [1.82, 2.24) is 14.9 Å². The minimum atomic E-state index is -0.238. The summed E-state index contributed by atoms with van der Waals surface area (Å²) >= 11 is 0. The number of hydrogen-bond acceptors (Lipinski definition) is 7. The van der Waals surface area contributed by atoms with Crippen LogP contribution in [-0.2, 0) is 9.53 Å². The smallest absolute Gasteiger partial charge is 0.243 e. The van der Waals surface area contributed by atoms with E-state index in [2.05, 4.69) is 33.7 Å². The first-order valence-corrected chi connectivity index (χ1v) is 11.3. The summed E-state index contributed by atoms with van der Waals surface area (Å²) in [6.45, 7) is 7.51. The second-order valence-corrected chi connectivity index (χ2v) is 7.67. The lowest BCUT2D eigenvalue weighted by Gasteiger charge is -2.11. The van der Waals surface area contributed by atoms with Gasteiger partial charge in [-0.25, -0.2) is 4.52 Å². The summed E-state index contributed by atoms with van der Waals surface area (Å²) in [6, 6.07) is 2.20. The molecule has 0 aliphatic heterocycles. The van der Waals surface area contributed by atoms with Crippen molar-refractivity contribution in [3.8, 4) is 6.07 Å². The van der Waals surface area contributed by atoms with Crippen LogP contribution in [0.2, 0.25) is 0 Å². The SMILES string of the molecule is C=C/C=C\C(=C/C)OC1=CC=C(Nc2c(C#N)cnn3cc(NC(=O)CN/C=C\N)c(C)c23)C=CC1. The van der Waals surface area contributed by atoms with Gasteiger partial charge >= 0.3 is 0 Å². The number of nitrogens with one attached hydrogen (secondary N) is 3. The summed E-state index contributed by atoms with van der Waals surface area (Å²) < 4.78 is 7.61. The van der Waals surface area contributed by atoms with E-state index < -0.39 is 0 Å². The van der Waals surface area contributed by atoms with E-state index in [1.807, 2.05) is 56.4 Å². The quantitative estimate of drug-likeness (QED) is 0.293. The summed E-state index contributed by atoms with van der Waals surface area (Å²) in [5.41, 5.74) is 9.06. The molecule has 184 valence electrons. The number of ether oxygens (including phenoxy) is 1. The van der Waals surface area contributed by atoms with Crippen molar-refractivity contribution in [3.63, 3.8) is 0 Å². The van der Waals surface area contributed by atoms with E-state index in [0.717, 1.165) is 22.8 Å². The van der Waals surface area contributed by atoms with Crippen LogP contribution in [0.5, 0.6) is 0 Å². The number of nitriles is 1. The number of anilines is 2. The fourth-order valence-corrected chi connectivity index (χ4v) is 3.45. The lowest BCUT2D eigenvalue weighted by molar-refractivity contribution is -0.115. The lowest BCUT2D eigenvalue weighted by Crippen LogP contribution is -2.24. The maximum absolute atomic E-state index is 12.3. The van der Waals surface area contributed by atoms with Gasteiger partial charge in [0.1, 0.15) is 17.6 Å². The third-order valence-electron chi connectivity index (χ3n) is 5.19. The van der Waals surface area contributed by atoms with Crippen LogP contribution in [0.1, 0.15) is 24.5 Å². The Hall–Kier alpha value is -4.97. The standard InChI is InChI=1S/C27H29N7O2/c1-4-6-9-22(5-2)36-23-10-7-8-21(11-12-23)32-26-20(15-29)16-31-34-18-24(19(3)27(26)34)33-25(35)17-30-14-13-28/h4-9,11-14,16,18,30,32H,1,10,17,28H2,2-3H3,(H,33,35)/b9-6-,14-13-,22-5+. The van der Waals surface area contributed by atoms with Gasteiger partial charge in [-0.05, 0) is 44.2 Å². The Morgan fingerprint density at radius 1 is 1.42 bits per heavy atom. The molecule has 2 aromatic heterocycles. The number of aromatic nitrogens is 2. The molecular weight excluding hydrogens is 454 g/mol. The Morgan fingerprint density at radius 3 is 2.97 bits per heavy atom. The Kier molecular flexibility index (Phi) is 8.89. The number of nitrogens with two attached hydrogens (primary N) is 1. The van der Waals surface area contributed by atoms with Crippen LogP contribution in [0.25, 0.3) is 5.52 Å². The summed E-state index contributed by atoms with van der Waals surface area (Å²) in [7, 11) is 0. The third kappa shape index (κ3) is 6.33. The molecule has 5 N–H and O–H groups in total. The van der Waals surface area contributed by atoms with E-state index in [0.29, 0.717) is 28.9 Å². The maximum Gasteiger partial charge on any atom is 0.243 e. The van der Waals surface area contributed by atoms with Crippen molar-refractivity contribution >= 4 is 22.8 Å². The van der Waals surface area contributed by atoms with E-state index in [-0.39, 0.29) is 12.5 Å². The van der Waals surface area contributed by atoms with Gasteiger partial charge in [0, 0.05) is 30.1 Å². The molecule has 0 spiro atoms. The molecule has 0 unspecified atom stereocenters. The van der Waals surface area contributed by atoms with Gasteiger partial charge in [-0.1, -0.05) is 24.8 Å². The number of amides is 1. The van der Waals surface area contributed by atoms with Crippen molar-refractivity contribution in [3.05, 3.63) is 108 Å². The highest BCUT2D eigenvalue weighted by Crippen LogP contribution is 2.31. The van der Waals surface area contributed by atoms with Crippen LogP contribution in [0.15, 0.2) is 97.2 Å². The highest BCUT2D eigenvalue weighted by Gasteiger charge is 2.17. The molecule has 0 saturated carbocycles. The number of nitrogens with zero attached hydrogens (tertiary/aromatic N) is 3. The fourth-order valence-electron chi connectivity index (χ4n) is 3.45. The van der Waals surface area contributed by atoms with Crippen molar-refractivity contribution in [2.45, 2.75) is 20.3 Å². The first-order chi connectivity index (χ1) is 17.5. The Morgan fingerprint density at radius 2 is 2.25 bits per heavy atom. The van der Waals surface area contributed by atoms with Crippen molar-refractivity contribution in [2.75, 3.05) is 17.2 Å². The number of aryl methyl sites for hydroxylation is 1. The van der Waals surface area contributed by atoms with Gasteiger partial charge < -0.3 is 26.4 Å². The molecule has 1 amide bonds. The molecule has 0 radical (unpaired) electrons. The summed E-state index contributed by atoms with van der Waals surface area (Å²) in [5.74, 6) is 1.25. The van der Waals surface area contributed by atoms with Crippen LogP contribution in [0.4, 0.5) is 11.4 Å². The van der Waals surface area contributed by atoms with Gasteiger partial charge in [-0.3, -0.25) is 4.79 Å². The second-order valence-electron chi connectivity index (χ2n) is 7.67. The van der Waals surface area contributed by atoms with E-state index in [1.54, 1.807) is 16.8 Å². The highest BCUT2D eigenvalue weighted by atomic mass is 16.5. The average Bonchev–Trinajstić information content (AvgIpc) is 3.03. The minimum Gasteiger partial charge on any atom is -0.462 e. The molecule has 0 fully saturated rings. The van der Waals surface area contributed by atoms with Crippen LogP contribution in [0.3, 0.4) is 0 Å². The highest BCUT2D eigenvalue weighted by molar-refractivity contribution is 5.96. The monoisotopic (exact) mass is 483 g/mol.